The predicted molar refractivity (Wildman–Crippen MR) is 38.5 cm³/mol. The SMILES string of the molecule is CC(C)N(CC#N)C(=O)C(F)F. The van der Waals surface area contributed by atoms with Gasteiger partial charge < -0.3 is 4.90 Å². The number of nitriles is 1. The molecule has 5 heteroatoms. The van der Waals surface area contributed by atoms with Crippen LogP contribution < -0.4 is 0 Å². The zero-order valence-electron chi connectivity index (χ0n) is 6.92. The molecule has 68 valence electrons. The molecule has 0 aromatic heterocycles. The highest BCUT2D eigenvalue weighted by atomic mass is 19.3. The Balaban J connectivity index is 4.32. The van der Waals surface area contributed by atoms with Gasteiger partial charge in [-0.3, -0.25) is 4.79 Å². The first kappa shape index (κ1) is 10.8. The minimum Gasteiger partial charge on any atom is -0.322 e. The first-order valence-electron chi connectivity index (χ1n) is 3.46. The Bertz CT molecular complexity index is 198. The zero-order valence-corrected chi connectivity index (χ0v) is 6.92. The molecule has 0 saturated carbocycles. The van der Waals surface area contributed by atoms with E-state index in [4.69, 9.17) is 5.26 Å². The molecule has 0 rings (SSSR count). The Hall–Kier alpha value is -1.18. The fourth-order valence-corrected chi connectivity index (χ4v) is 0.717. The van der Waals surface area contributed by atoms with Crippen LogP contribution in [0.15, 0.2) is 0 Å². The average molecular weight is 176 g/mol. The van der Waals surface area contributed by atoms with Crippen molar-refractivity contribution in [1.82, 2.24) is 4.90 Å². The first-order chi connectivity index (χ1) is 5.50. The number of carbonyl (C=O) groups excluding carboxylic acids is 1. The molecule has 0 aliphatic carbocycles. The van der Waals surface area contributed by atoms with Crippen molar-refractivity contribution in [2.24, 2.45) is 0 Å². The van der Waals surface area contributed by atoms with Crippen LogP contribution in [0.1, 0.15) is 13.8 Å². The topological polar surface area (TPSA) is 44.1 Å². The van der Waals surface area contributed by atoms with Gasteiger partial charge in [0.05, 0.1) is 6.07 Å². The highest BCUT2D eigenvalue weighted by Crippen LogP contribution is 2.04. The minimum absolute atomic E-state index is 0.291. The van der Waals surface area contributed by atoms with Crippen LogP contribution in [-0.2, 0) is 4.79 Å². The van der Waals surface area contributed by atoms with Crippen molar-refractivity contribution in [2.75, 3.05) is 6.54 Å². The van der Waals surface area contributed by atoms with Gasteiger partial charge in [0.1, 0.15) is 6.54 Å². The summed E-state index contributed by atoms with van der Waals surface area (Å²) >= 11 is 0. The van der Waals surface area contributed by atoms with Crippen molar-refractivity contribution in [3.63, 3.8) is 0 Å². The molecule has 0 saturated heterocycles. The molecule has 0 aromatic carbocycles. The summed E-state index contributed by atoms with van der Waals surface area (Å²) in [6.07, 6.45) is -3.03. The predicted octanol–water partition coefficient (Wildman–Crippen LogP) is 1.01. The molecule has 0 unspecified atom stereocenters. The van der Waals surface area contributed by atoms with Crippen molar-refractivity contribution >= 4 is 5.91 Å². The van der Waals surface area contributed by atoms with Gasteiger partial charge in [0.25, 0.3) is 5.91 Å². The number of hydrogen-bond acceptors (Lipinski definition) is 2. The Morgan fingerprint density at radius 3 is 2.33 bits per heavy atom. The molecule has 12 heavy (non-hydrogen) atoms. The van der Waals surface area contributed by atoms with Crippen LogP contribution in [0.5, 0.6) is 0 Å². The molecule has 0 aliphatic rings. The van der Waals surface area contributed by atoms with Gasteiger partial charge in [-0.2, -0.15) is 14.0 Å². The number of alkyl halides is 2. The normalized spacial score (nSPS) is 10.1. The van der Waals surface area contributed by atoms with Gasteiger partial charge in [-0.15, -0.1) is 0 Å². The van der Waals surface area contributed by atoms with Crippen LogP contribution in [0.3, 0.4) is 0 Å². The van der Waals surface area contributed by atoms with Crippen LogP contribution in [0.4, 0.5) is 8.78 Å². The number of nitrogens with zero attached hydrogens (tertiary/aromatic N) is 2. The summed E-state index contributed by atoms with van der Waals surface area (Å²) < 4.78 is 23.7. The van der Waals surface area contributed by atoms with Crippen molar-refractivity contribution in [3.8, 4) is 6.07 Å². The Labute approximate surface area is 69.6 Å². The second kappa shape index (κ2) is 4.65. The van der Waals surface area contributed by atoms with Crippen LogP contribution in [0.2, 0.25) is 0 Å². The van der Waals surface area contributed by atoms with Crippen molar-refractivity contribution in [2.45, 2.75) is 26.3 Å². The maximum atomic E-state index is 11.9. The van der Waals surface area contributed by atoms with E-state index < -0.39 is 12.3 Å². The lowest BCUT2D eigenvalue weighted by atomic mass is 10.3. The van der Waals surface area contributed by atoms with Crippen LogP contribution in [0.25, 0.3) is 0 Å². The van der Waals surface area contributed by atoms with E-state index in [1.54, 1.807) is 19.9 Å². The van der Waals surface area contributed by atoms with Crippen molar-refractivity contribution in [3.05, 3.63) is 0 Å². The maximum absolute atomic E-state index is 11.9. The highest BCUT2D eigenvalue weighted by Gasteiger charge is 2.24. The number of hydrogen-bond donors (Lipinski definition) is 0. The lowest BCUT2D eigenvalue weighted by Gasteiger charge is -2.22. The van der Waals surface area contributed by atoms with Gasteiger partial charge in [-0.1, -0.05) is 0 Å². The lowest BCUT2D eigenvalue weighted by Crippen LogP contribution is -2.40. The second-order valence-electron chi connectivity index (χ2n) is 2.52. The van der Waals surface area contributed by atoms with Crippen LogP contribution >= 0.6 is 0 Å². The van der Waals surface area contributed by atoms with Crippen LogP contribution in [0, 0.1) is 11.3 Å². The number of halogens is 2. The summed E-state index contributed by atoms with van der Waals surface area (Å²) in [4.78, 5) is 11.5. The standard InChI is InChI=1S/C7H10F2N2O/c1-5(2)11(4-3-10)7(12)6(8)9/h5-6H,4H2,1-2H3. The molecule has 0 radical (unpaired) electrons. The van der Waals surface area contributed by atoms with Gasteiger partial charge in [0.2, 0.25) is 0 Å². The summed E-state index contributed by atoms with van der Waals surface area (Å²) in [5, 5.41) is 8.23. The fraction of sp³-hybridized carbons (Fsp3) is 0.714. The molecule has 3 nitrogen and oxygen atoms in total. The number of carbonyl (C=O) groups is 1. The third-order valence-corrected chi connectivity index (χ3v) is 1.33. The summed E-state index contributed by atoms with van der Waals surface area (Å²) in [5.74, 6) is -1.29. The second-order valence-corrected chi connectivity index (χ2v) is 2.52. The summed E-state index contributed by atoms with van der Waals surface area (Å²) in [6, 6.07) is 1.29. The van der Waals surface area contributed by atoms with Gasteiger partial charge in [-0.25, -0.2) is 0 Å². The third-order valence-electron chi connectivity index (χ3n) is 1.33. The largest absolute Gasteiger partial charge is 0.322 e. The van der Waals surface area contributed by atoms with Gasteiger partial charge in [0.15, 0.2) is 0 Å². The molecule has 0 spiro atoms. The smallest absolute Gasteiger partial charge is 0.315 e. The highest BCUT2D eigenvalue weighted by molar-refractivity contribution is 5.79. The van der Waals surface area contributed by atoms with Gasteiger partial charge in [-0.05, 0) is 13.8 Å². The molecule has 0 atom stereocenters. The fourth-order valence-electron chi connectivity index (χ4n) is 0.717. The average Bonchev–Trinajstić information content (AvgIpc) is 1.98. The van der Waals surface area contributed by atoms with E-state index in [0.29, 0.717) is 0 Å². The van der Waals surface area contributed by atoms with E-state index >= 15 is 0 Å². The van der Waals surface area contributed by atoms with Gasteiger partial charge >= 0.3 is 6.43 Å². The molecular weight excluding hydrogens is 166 g/mol. The van der Waals surface area contributed by atoms with Gasteiger partial charge in [0, 0.05) is 6.04 Å². The molecule has 0 bridgehead atoms. The number of amides is 1. The van der Waals surface area contributed by atoms with E-state index in [9.17, 15) is 13.6 Å². The molecule has 0 fully saturated rings. The molecule has 0 aliphatic heterocycles. The molecule has 0 N–H and O–H groups in total. The Morgan fingerprint density at radius 2 is 2.08 bits per heavy atom. The zero-order chi connectivity index (χ0) is 9.72. The maximum Gasteiger partial charge on any atom is 0.315 e. The third kappa shape index (κ3) is 2.82. The summed E-state index contributed by atoms with van der Waals surface area (Å²) in [6.45, 7) is 2.87. The molecule has 1 amide bonds. The van der Waals surface area contributed by atoms with E-state index in [1.807, 2.05) is 0 Å². The van der Waals surface area contributed by atoms with E-state index in [-0.39, 0.29) is 12.6 Å². The summed E-state index contributed by atoms with van der Waals surface area (Å²) in [5.41, 5.74) is 0. The Morgan fingerprint density at radius 1 is 1.58 bits per heavy atom. The number of rotatable bonds is 3. The van der Waals surface area contributed by atoms with E-state index in [2.05, 4.69) is 0 Å². The molecule has 0 aromatic rings. The van der Waals surface area contributed by atoms with E-state index in [1.165, 1.54) is 0 Å². The lowest BCUT2D eigenvalue weighted by molar-refractivity contribution is -0.143. The monoisotopic (exact) mass is 176 g/mol. The van der Waals surface area contributed by atoms with Crippen LogP contribution in [-0.4, -0.2) is 29.8 Å². The molecule has 0 heterocycles. The Kier molecular flexibility index (Phi) is 4.19. The first-order valence-corrected chi connectivity index (χ1v) is 3.46. The quantitative estimate of drug-likeness (QED) is 0.602. The van der Waals surface area contributed by atoms with Crippen molar-refractivity contribution in [1.29, 1.82) is 5.26 Å². The summed E-state index contributed by atoms with van der Waals surface area (Å²) in [7, 11) is 0. The molecular formula is C7H10F2N2O. The van der Waals surface area contributed by atoms with E-state index in [0.717, 1.165) is 4.90 Å². The minimum atomic E-state index is -3.03. The van der Waals surface area contributed by atoms with Crippen molar-refractivity contribution < 1.29 is 13.6 Å².